The first-order valence-corrected chi connectivity index (χ1v) is 10.2. The van der Waals surface area contributed by atoms with E-state index in [0.29, 0.717) is 32.5 Å². The smallest absolute Gasteiger partial charge is 0.325 e. The Morgan fingerprint density at radius 2 is 1.93 bits per heavy atom. The van der Waals surface area contributed by atoms with Gasteiger partial charge in [-0.05, 0) is 32.1 Å². The van der Waals surface area contributed by atoms with Crippen LogP contribution in [-0.4, -0.2) is 65.3 Å². The number of hydrogen-bond acceptors (Lipinski definition) is 4. The van der Waals surface area contributed by atoms with E-state index in [9.17, 15) is 19.2 Å². The van der Waals surface area contributed by atoms with E-state index in [1.165, 1.54) is 0 Å². The molecule has 3 aliphatic rings. The van der Waals surface area contributed by atoms with Crippen molar-refractivity contribution < 1.29 is 19.2 Å². The summed E-state index contributed by atoms with van der Waals surface area (Å²) in [5.74, 6) is -0.776. The van der Waals surface area contributed by atoms with E-state index < -0.39 is 11.6 Å². The Hall–Kier alpha value is -2.12. The van der Waals surface area contributed by atoms with E-state index in [-0.39, 0.29) is 30.2 Å². The van der Waals surface area contributed by atoms with Crippen molar-refractivity contribution in [3.8, 4) is 0 Å². The number of likely N-dealkylation sites (tertiary alicyclic amines) is 1. The van der Waals surface area contributed by atoms with E-state index >= 15 is 0 Å². The highest BCUT2D eigenvalue weighted by molar-refractivity contribution is 6.09. The van der Waals surface area contributed by atoms with Gasteiger partial charge in [0.15, 0.2) is 0 Å². The van der Waals surface area contributed by atoms with Crippen molar-refractivity contribution in [1.82, 2.24) is 20.4 Å². The molecule has 8 heteroatoms. The molecule has 8 nitrogen and oxygen atoms in total. The van der Waals surface area contributed by atoms with Crippen LogP contribution in [0, 0.1) is 5.92 Å². The fourth-order valence-corrected chi connectivity index (χ4v) is 4.36. The number of imide groups is 1. The third kappa shape index (κ3) is 4.09. The third-order valence-electron chi connectivity index (χ3n) is 5.94. The number of urea groups is 1. The molecule has 0 aromatic heterocycles. The highest BCUT2D eigenvalue weighted by atomic mass is 16.2. The van der Waals surface area contributed by atoms with Gasteiger partial charge in [0.05, 0.1) is 5.92 Å². The lowest BCUT2D eigenvalue weighted by Crippen LogP contribution is -2.50. The van der Waals surface area contributed by atoms with Crippen LogP contribution in [0.1, 0.15) is 58.3 Å². The zero-order valence-corrected chi connectivity index (χ0v) is 16.1. The molecule has 1 spiro atoms. The van der Waals surface area contributed by atoms with Crippen molar-refractivity contribution >= 4 is 23.8 Å². The van der Waals surface area contributed by atoms with Gasteiger partial charge >= 0.3 is 6.03 Å². The fraction of sp³-hybridized carbons (Fsp3) is 0.789. The van der Waals surface area contributed by atoms with Crippen molar-refractivity contribution in [2.45, 2.75) is 63.8 Å². The van der Waals surface area contributed by atoms with Gasteiger partial charge in [-0.25, -0.2) is 4.79 Å². The van der Waals surface area contributed by atoms with Gasteiger partial charge < -0.3 is 15.5 Å². The summed E-state index contributed by atoms with van der Waals surface area (Å²) in [6.07, 6.45) is 6.56. The van der Waals surface area contributed by atoms with Crippen LogP contribution in [-0.2, 0) is 14.4 Å². The molecule has 1 saturated carbocycles. The Morgan fingerprint density at radius 3 is 2.63 bits per heavy atom. The standard InChI is InChI=1S/C19H30N4O4/c1-2-10-20-16(25)14-7-6-11-22(12-14)15(24)13-23-17(26)19(21-18(23)27)8-4-3-5-9-19/h14H,2-13H2,1H3,(H,20,25)(H,21,27). The van der Waals surface area contributed by atoms with Crippen molar-refractivity contribution in [2.75, 3.05) is 26.2 Å². The van der Waals surface area contributed by atoms with Crippen LogP contribution in [0.15, 0.2) is 0 Å². The monoisotopic (exact) mass is 378 g/mol. The molecule has 0 radical (unpaired) electrons. The molecular formula is C19H30N4O4. The topological polar surface area (TPSA) is 98.8 Å². The SMILES string of the molecule is CCCNC(=O)C1CCCN(C(=O)CN2C(=O)NC3(CCCCC3)C2=O)C1. The zero-order chi connectivity index (χ0) is 19.4. The van der Waals surface area contributed by atoms with Crippen LogP contribution in [0.25, 0.3) is 0 Å². The number of hydrogen-bond donors (Lipinski definition) is 2. The van der Waals surface area contributed by atoms with E-state index in [0.717, 1.165) is 43.4 Å². The van der Waals surface area contributed by atoms with Crippen LogP contribution in [0.3, 0.4) is 0 Å². The summed E-state index contributed by atoms with van der Waals surface area (Å²) in [5.41, 5.74) is -0.805. The average molecular weight is 378 g/mol. The first kappa shape index (κ1) is 19.6. The van der Waals surface area contributed by atoms with Crippen LogP contribution in [0.2, 0.25) is 0 Å². The highest BCUT2D eigenvalue weighted by Crippen LogP contribution is 2.33. The third-order valence-corrected chi connectivity index (χ3v) is 5.94. The maximum atomic E-state index is 12.8. The first-order chi connectivity index (χ1) is 13.0. The lowest BCUT2D eigenvalue weighted by atomic mass is 9.82. The van der Waals surface area contributed by atoms with Crippen LogP contribution in [0.4, 0.5) is 4.79 Å². The molecule has 3 fully saturated rings. The van der Waals surface area contributed by atoms with Gasteiger partial charge in [0.25, 0.3) is 5.91 Å². The Bertz CT molecular complexity index is 615. The van der Waals surface area contributed by atoms with Crippen LogP contribution < -0.4 is 10.6 Å². The summed E-state index contributed by atoms with van der Waals surface area (Å²) in [4.78, 5) is 52.7. The highest BCUT2D eigenvalue weighted by Gasteiger charge is 2.51. The minimum atomic E-state index is -0.805. The number of piperidine rings is 1. The van der Waals surface area contributed by atoms with E-state index in [1.807, 2.05) is 6.92 Å². The van der Waals surface area contributed by atoms with E-state index in [2.05, 4.69) is 10.6 Å². The minimum absolute atomic E-state index is 0.0227. The molecule has 0 aromatic carbocycles. The van der Waals surface area contributed by atoms with Crippen LogP contribution in [0.5, 0.6) is 0 Å². The fourth-order valence-electron chi connectivity index (χ4n) is 4.36. The second-order valence-corrected chi connectivity index (χ2v) is 7.93. The molecule has 1 aliphatic carbocycles. The van der Waals surface area contributed by atoms with Gasteiger partial charge in [0.1, 0.15) is 12.1 Å². The summed E-state index contributed by atoms with van der Waals surface area (Å²) in [6.45, 7) is 3.30. The van der Waals surface area contributed by atoms with Crippen LogP contribution >= 0.6 is 0 Å². The molecule has 1 atom stereocenters. The van der Waals surface area contributed by atoms with Crippen molar-refractivity contribution in [1.29, 1.82) is 0 Å². The first-order valence-electron chi connectivity index (χ1n) is 10.2. The average Bonchev–Trinajstić information content (AvgIpc) is 2.90. The van der Waals surface area contributed by atoms with Gasteiger partial charge in [-0.3, -0.25) is 19.3 Å². The molecule has 0 aromatic rings. The number of nitrogens with zero attached hydrogens (tertiary/aromatic N) is 2. The molecule has 0 bridgehead atoms. The summed E-state index contributed by atoms with van der Waals surface area (Å²) in [6, 6.07) is -0.468. The lowest BCUT2D eigenvalue weighted by Gasteiger charge is -2.33. The Morgan fingerprint density at radius 1 is 1.19 bits per heavy atom. The number of rotatable bonds is 5. The van der Waals surface area contributed by atoms with Gasteiger partial charge in [-0.15, -0.1) is 0 Å². The molecule has 2 aliphatic heterocycles. The summed E-state index contributed by atoms with van der Waals surface area (Å²) in [7, 11) is 0. The molecular weight excluding hydrogens is 348 g/mol. The van der Waals surface area contributed by atoms with Gasteiger partial charge in [0.2, 0.25) is 11.8 Å². The van der Waals surface area contributed by atoms with E-state index in [1.54, 1.807) is 4.90 Å². The van der Waals surface area contributed by atoms with E-state index in [4.69, 9.17) is 0 Å². The molecule has 150 valence electrons. The molecule has 2 heterocycles. The second-order valence-electron chi connectivity index (χ2n) is 7.93. The molecule has 1 unspecified atom stereocenters. The maximum Gasteiger partial charge on any atom is 0.325 e. The molecule has 3 rings (SSSR count). The van der Waals surface area contributed by atoms with Gasteiger partial charge in [0, 0.05) is 19.6 Å². The normalized spacial score (nSPS) is 24.9. The summed E-state index contributed by atoms with van der Waals surface area (Å²) < 4.78 is 0. The molecule has 27 heavy (non-hydrogen) atoms. The molecule has 2 N–H and O–H groups in total. The Kier molecular flexibility index (Phi) is 6.01. The number of carbonyl (C=O) groups is 4. The van der Waals surface area contributed by atoms with Crippen molar-refractivity contribution in [3.05, 3.63) is 0 Å². The summed E-state index contributed by atoms with van der Waals surface area (Å²) >= 11 is 0. The summed E-state index contributed by atoms with van der Waals surface area (Å²) in [5, 5.41) is 5.71. The molecule has 2 saturated heterocycles. The number of nitrogens with one attached hydrogen (secondary N) is 2. The zero-order valence-electron chi connectivity index (χ0n) is 16.1. The van der Waals surface area contributed by atoms with Gasteiger partial charge in [-0.2, -0.15) is 0 Å². The molecule has 5 amide bonds. The Balaban J connectivity index is 1.59. The Labute approximate surface area is 160 Å². The quantitative estimate of drug-likeness (QED) is 0.698. The predicted molar refractivity (Wildman–Crippen MR) is 98.7 cm³/mol. The van der Waals surface area contributed by atoms with Crippen molar-refractivity contribution in [3.63, 3.8) is 0 Å². The minimum Gasteiger partial charge on any atom is -0.356 e. The number of carbonyl (C=O) groups excluding carboxylic acids is 4. The van der Waals surface area contributed by atoms with Crippen molar-refractivity contribution in [2.24, 2.45) is 5.92 Å². The van der Waals surface area contributed by atoms with Gasteiger partial charge in [-0.1, -0.05) is 26.2 Å². The largest absolute Gasteiger partial charge is 0.356 e. The lowest BCUT2D eigenvalue weighted by molar-refractivity contribution is -0.141. The maximum absolute atomic E-state index is 12.8. The number of amides is 5. The predicted octanol–water partition coefficient (Wildman–Crippen LogP) is 1.01. The second kappa shape index (κ2) is 8.27.